The van der Waals surface area contributed by atoms with Crippen molar-refractivity contribution >= 4 is 17.5 Å². The Hall–Kier alpha value is -2.86. The molecule has 28 heavy (non-hydrogen) atoms. The van der Waals surface area contributed by atoms with Crippen molar-refractivity contribution in [2.75, 3.05) is 18.1 Å². The number of ether oxygens (including phenoxy) is 1. The first-order valence-corrected chi connectivity index (χ1v) is 9.74. The van der Waals surface area contributed by atoms with Crippen molar-refractivity contribution in [2.45, 2.75) is 32.1 Å². The van der Waals surface area contributed by atoms with Crippen LogP contribution in [-0.4, -0.2) is 30.2 Å². The van der Waals surface area contributed by atoms with Gasteiger partial charge in [0.2, 0.25) is 5.91 Å². The Balaban J connectivity index is 1.46. The number of anilines is 1. The second kappa shape index (κ2) is 6.34. The first-order valence-electron chi connectivity index (χ1n) is 9.74. The lowest BCUT2D eigenvalue weighted by atomic mass is 9.70. The van der Waals surface area contributed by atoms with E-state index in [1.165, 1.54) is 11.1 Å². The second-order valence-electron chi connectivity index (χ2n) is 7.95. The molecule has 2 amide bonds. The minimum absolute atomic E-state index is 0.152. The van der Waals surface area contributed by atoms with E-state index in [4.69, 9.17) is 9.94 Å². The molecule has 0 radical (unpaired) electrons. The molecule has 1 fully saturated rings. The van der Waals surface area contributed by atoms with Crippen LogP contribution in [0.3, 0.4) is 0 Å². The average Bonchev–Trinajstić information content (AvgIpc) is 3.32. The molecular formula is C22H22N2O4. The van der Waals surface area contributed by atoms with Crippen molar-refractivity contribution in [2.24, 2.45) is 5.41 Å². The molecule has 2 heterocycles. The molecule has 0 bridgehead atoms. The number of carbonyl (C=O) groups is 2. The highest BCUT2D eigenvalue weighted by Gasteiger charge is 2.49. The first kappa shape index (κ1) is 17.3. The Morgan fingerprint density at radius 1 is 1.11 bits per heavy atom. The van der Waals surface area contributed by atoms with Crippen molar-refractivity contribution in [3.05, 3.63) is 58.7 Å². The highest BCUT2D eigenvalue weighted by Crippen LogP contribution is 2.47. The van der Waals surface area contributed by atoms with Gasteiger partial charge in [-0.05, 0) is 60.6 Å². The highest BCUT2D eigenvalue weighted by molar-refractivity contribution is 6.01. The molecule has 1 saturated heterocycles. The number of amides is 2. The molecule has 144 valence electrons. The molecule has 0 aromatic heterocycles. The van der Waals surface area contributed by atoms with Crippen molar-refractivity contribution in [3.8, 4) is 5.75 Å². The number of hydrogen-bond acceptors (Lipinski definition) is 4. The number of para-hydroxylation sites is 1. The van der Waals surface area contributed by atoms with Gasteiger partial charge < -0.3 is 9.64 Å². The summed E-state index contributed by atoms with van der Waals surface area (Å²) < 4.78 is 5.81. The molecule has 1 atom stereocenters. The van der Waals surface area contributed by atoms with Crippen molar-refractivity contribution in [1.29, 1.82) is 0 Å². The number of nitrogens with zero attached hydrogens (tertiary/aromatic N) is 1. The third kappa shape index (κ3) is 2.52. The summed E-state index contributed by atoms with van der Waals surface area (Å²) in [6.07, 6.45) is 3.95. The molecule has 6 nitrogen and oxygen atoms in total. The summed E-state index contributed by atoms with van der Waals surface area (Å²) in [6.45, 7) is 1.35. The predicted molar refractivity (Wildman–Crippen MR) is 103 cm³/mol. The Labute approximate surface area is 163 Å². The highest BCUT2D eigenvalue weighted by atomic mass is 16.5. The Morgan fingerprint density at radius 2 is 2.00 bits per heavy atom. The summed E-state index contributed by atoms with van der Waals surface area (Å²) in [5.74, 6) is 0.476. The van der Waals surface area contributed by atoms with Crippen LogP contribution in [-0.2, 0) is 24.1 Å². The minimum Gasteiger partial charge on any atom is -0.491 e. The molecule has 2 aliphatic heterocycles. The molecule has 1 aliphatic carbocycles. The minimum atomic E-state index is -0.529. The molecule has 1 spiro atoms. The van der Waals surface area contributed by atoms with Crippen LogP contribution in [0.25, 0.3) is 0 Å². The van der Waals surface area contributed by atoms with Crippen molar-refractivity contribution < 1.29 is 19.5 Å². The molecule has 5 rings (SSSR count). The van der Waals surface area contributed by atoms with Crippen LogP contribution in [0.5, 0.6) is 5.75 Å². The molecule has 6 heteroatoms. The Bertz CT molecular complexity index is 986. The van der Waals surface area contributed by atoms with Gasteiger partial charge in [-0.15, -0.1) is 0 Å². The van der Waals surface area contributed by atoms with E-state index >= 15 is 0 Å². The van der Waals surface area contributed by atoms with Gasteiger partial charge in [0.15, 0.2) is 0 Å². The van der Waals surface area contributed by atoms with E-state index < -0.39 is 11.3 Å². The summed E-state index contributed by atoms with van der Waals surface area (Å²) in [5.41, 5.74) is 5.92. The van der Waals surface area contributed by atoms with E-state index in [0.29, 0.717) is 25.1 Å². The van der Waals surface area contributed by atoms with Gasteiger partial charge in [-0.1, -0.05) is 18.2 Å². The number of fused-ring (bicyclic) bond motifs is 2. The van der Waals surface area contributed by atoms with Crippen LogP contribution in [0.2, 0.25) is 0 Å². The quantitative estimate of drug-likeness (QED) is 0.622. The maximum Gasteiger partial charge on any atom is 0.274 e. The molecule has 3 aliphatic rings. The van der Waals surface area contributed by atoms with E-state index in [1.54, 1.807) is 17.6 Å². The smallest absolute Gasteiger partial charge is 0.274 e. The standard InChI is InChI=1S/C22H22N2O4/c25-20(23-27)16-5-4-14-6-8-22(13-17(14)12-16)9-10-24(21(22)26)18-3-1-2-15-7-11-28-19(15)18/h1-5,12,27H,6-11,13H2,(H,23,25)/t22-/m0/s1. The van der Waals surface area contributed by atoms with Crippen LogP contribution >= 0.6 is 0 Å². The number of nitrogens with one attached hydrogen (secondary N) is 1. The lowest BCUT2D eigenvalue weighted by molar-refractivity contribution is -0.126. The van der Waals surface area contributed by atoms with E-state index in [0.717, 1.165) is 42.7 Å². The van der Waals surface area contributed by atoms with Crippen LogP contribution in [0.1, 0.15) is 39.9 Å². The maximum absolute atomic E-state index is 13.5. The van der Waals surface area contributed by atoms with Crippen molar-refractivity contribution in [3.63, 3.8) is 0 Å². The van der Waals surface area contributed by atoms with Gasteiger partial charge in [-0.25, -0.2) is 5.48 Å². The lowest BCUT2D eigenvalue weighted by Gasteiger charge is -2.33. The van der Waals surface area contributed by atoms with Gasteiger partial charge in [0.1, 0.15) is 5.75 Å². The van der Waals surface area contributed by atoms with Crippen LogP contribution in [0, 0.1) is 5.41 Å². The van der Waals surface area contributed by atoms with Crippen LogP contribution in [0.15, 0.2) is 36.4 Å². The predicted octanol–water partition coefficient (Wildman–Crippen LogP) is 2.65. The summed E-state index contributed by atoms with van der Waals surface area (Å²) in [7, 11) is 0. The van der Waals surface area contributed by atoms with Gasteiger partial charge in [-0.3, -0.25) is 14.8 Å². The van der Waals surface area contributed by atoms with Gasteiger partial charge in [-0.2, -0.15) is 0 Å². The largest absolute Gasteiger partial charge is 0.491 e. The molecule has 2 aromatic carbocycles. The van der Waals surface area contributed by atoms with Gasteiger partial charge in [0, 0.05) is 18.5 Å². The molecule has 0 unspecified atom stereocenters. The fourth-order valence-corrected chi connectivity index (χ4v) is 4.92. The number of carbonyl (C=O) groups excluding carboxylic acids is 2. The normalized spacial score (nSPS) is 22.8. The first-order chi connectivity index (χ1) is 13.6. The zero-order chi connectivity index (χ0) is 19.3. The molecule has 2 N–H and O–H groups in total. The number of benzene rings is 2. The van der Waals surface area contributed by atoms with Gasteiger partial charge in [0.05, 0.1) is 17.7 Å². The molecule has 0 saturated carbocycles. The fourth-order valence-electron chi connectivity index (χ4n) is 4.92. The van der Waals surface area contributed by atoms with E-state index in [-0.39, 0.29) is 5.91 Å². The van der Waals surface area contributed by atoms with Crippen LogP contribution in [0.4, 0.5) is 5.69 Å². The van der Waals surface area contributed by atoms with E-state index in [9.17, 15) is 9.59 Å². The second-order valence-corrected chi connectivity index (χ2v) is 7.95. The average molecular weight is 378 g/mol. The Kier molecular flexibility index (Phi) is 3.91. The molecule has 2 aromatic rings. The SMILES string of the molecule is O=C(NO)c1ccc2c(c1)C[C@]1(CC2)CCN(c2cccc3c2OCC3)C1=O. The summed E-state index contributed by atoms with van der Waals surface area (Å²) in [4.78, 5) is 27.2. The van der Waals surface area contributed by atoms with Gasteiger partial charge in [0.25, 0.3) is 5.91 Å². The number of rotatable bonds is 2. The zero-order valence-corrected chi connectivity index (χ0v) is 15.5. The number of aryl methyl sites for hydroxylation is 1. The monoisotopic (exact) mass is 378 g/mol. The third-order valence-corrected chi connectivity index (χ3v) is 6.47. The third-order valence-electron chi connectivity index (χ3n) is 6.47. The summed E-state index contributed by atoms with van der Waals surface area (Å²) in [6, 6.07) is 11.5. The Morgan fingerprint density at radius 3 is 2.86 bits per heavy atom. The van der Waals surface area contributed by atoms with Crippen molar-refractivity contribution in [1.82, 2.24) is 5.48 Å². The summed E-state index contributed by atoms with van der Waals surface area (Å²) in [5, 5.41) is 8.90. The van der Waals surface area contributed by atoms with Gasteiger partial charge >= 0.3 is 0 Å². The fraction of sp³-hybridized carbons (Fsp3) is 0.364. The maximum atomic E-state index is 13.5. The topological polar surface area (TPSA) is 78.9 Å². The van der Waals surface area contributed by atoms with E-state index in [2.05, 4.69) is 6.07 Å². The number of hydroxylamine groups is 1. The zero-order valence-electron chi connectivity index (χ0n) is 15.5. The molecular weight excluding hydrogens is 356 g/mol. The number of hydrogen-bond donors (Lipinski definition) is 2. The van der Waals surface area contributed by atoms with Crippen LogP contribution < -0.4 is 15.1 Å². The van der Waals surface area contributed by atoms with E-state index in [1.807, 2.05) is 23.1 Å². The lowest BCUT2D eigenvalue weighted by Crippen LogP contribution is -2.39. The summed E-state index contributed by atoms with van der Waals surface area (Å²) >= 11 is 0.